The highest BCUT2D eigenvalue weighted by molar-refractivity contribution is 7.89. The van der Waals surface area contributed by atoms with Crippen LogP contribution in [-0.2, 0) is 39.1 Å². The van der Waals surface area contributed by atoms with Crippen molar-refractivity contribution in [3.63, 3.8) is 0 Å². The Balaban J connectivity index is 1.56. The first-order valence-corrected chi connectivity index (χ1v) is 15.9. The van der Waals surface area contributed by atoms with Crippen LogP contribution in [0.4, 0.5) is 9.80 Å². The molecular formula is C29H33N5O7S2. The summed E-state index contributed by atoms with van der Waals surface area (Å²) < 4.78 is 33.1. The molecule has 14 heteroatoms. The number of hydrogen-bond acceptors (Lipinski definition) is 8. The van der Waals surface area contributed by atoms with Crippen molar-refractivity contribution in [2.75, 3.05) is 25.0 Å². The Morgan fingerprint density at radius 3 is 2.30 bits per heavy atom. The highest BCUT2D eigenvalue weighted by atomic mass is 32.2. The molecule has 12 nitrogen and oxygen atoms in total. The molecule has 4 amide bonds. The fourth-order valence-corrected chi connectivity index (χ4v) is 7.26. The first-order valence-electron chi connectivity index (χ1n) is 13.6. The number of thiophene rings is 1. The van der Waals surface area contributed by atoms with Gasteiger partial charge in [0.2, 0.25) is 15.9 Å². The third-order valence-corrected chi connectivity index (χ3v) is 9.77. The lowest BCUT2D eigenvalue weighted by molar-refractivity contribution is -0.119. The molecule has 0 radical (unpaired) electrons. The molecule has 0 unspecified atom stereocenters. The van der Waals surface area contributed by atoms with Crippen molar-refractivity contribution in [1.29, 1.82) is 0 Å². The summed E-state index contributed by atoms with van der Waals surface area (Å²) in [6, 6.07) is 14.8. The van der Waals surface area contributed by atoms with Crippen LogP contribution in [0.1, 0.15) is 57.5 Å². The molecule has 0 fully saturated rings. The Kier molecular flexibility index (Phi) is 10.2. The maximum atomic E-state index is 13.3. The normalized spacial score (nSPS) is 12.8. The fourth-order valence-electron chi connectivity index (χ4n) is 4.57. The van der Waals surface area contributed by atoms with E-state index in [4.69, 9.17) is 4.74 Å². The van der Waals surface area contributed by atoms with Crippen LogP contribution >= 0.6 is 11.3 Å². The number of rotatable bonds is 9. The molecule has 0 aliphatic carbocycles. The molecule has 0 atom stereocenters. The molecule has 2 aromatic carbocycles. The van der Waals surface area contributed by atoms with Gasteiger partial charge in [-0.25, -0.2) is 13.2 Å². The minimum atomic E-state index is -3.83. The molecule has 3 N–H and O–H groups in total. The molecule has 3 aromatic rings. The first kappa shape index (κ1) is 31.7. The number of anilines is 1. The highest BCUT2D eigenvalue weighted by Crippen LogP contribution is 2.37. The Morgan fingerprint density at radius 1 is 0.977 bits per heavy atom. The summed E-state index contributed by atoms with van der Waals surface area (Å²) in [5.74, 6) is -1.65. The molecule has 1 aliphatic heterocycles. The fraction of sp³-hybridized carbons (Fsp3) is 0.310. The number of ether oxygens (including phenoxy) is 1. The third kappa shape index (κ3) is 7.39. The number of carbonyl (C=O) groups is 4. The van der Waals surface area contributed by atoms with Gasteiger partial charge in [-0.15, -0.1) is 11.3 Å². The molecule has 0 saturated heterocycles. The average molecular weight is 628 g/mol. The van der Waals surface area contributed by atoms with Gasteiger partial charge < -0.3 is 15.0 Å². The topological polar surface area (TPSA) is 154 Å². The number of benzene rings is 2. The van der Waals surface area contributed by atoms with Crippen LogP contribution in [0.25, 0.3) is 0 Å². The van der Waals surface area contributed by atoms with E-state index in [9.17, 15) is 27.6 Å². The van der Waals surface area contributed by atoms with Crippen LogP contribution in [0.2, 0.25) is 0 Å². The Morgan fingerprint density at radius 2 is 1.67 bits per heavy atom. The summed E-state index contributed by atoms with van der Waals surface area (Å²) in [4.78, 5) is 52.3. The summed E-state index contributed by atoms with van der Waals surface area (Å²) in [5, 5.41) is 2.99. The zero-order chi connectivity index (χ0) is 31.1. The summed E-state index contributed by atoms with van der Waals surface area (Å²) in [6.45, 7) is 5.92. The zero-order valence-electron chi connectivity index (χ0n) is 24.0. The Labute approximate surface area is 254 Å². The summed E-state index contributed by atoms with van der Waals surface area (Å²) >= 11 is 1.14. The van der Waals surface area contributed by atoms with Crippen molar-refractivity contribution in [1.82, 2.24) is 20.1 Å². The first-order chi connectivity index (χ1) is 20.5. The summed E-state index contributed by atoms with van der Waals surface area (Å²) in [7, 11) is -3.83. The molecule has 4 rings (SSSR count). The minimum Gasteiger partial charge on any atom is -0.450 e. The van der Waals surface area contributed by atoms with Crippen LogP contribution < -0.4 is 16.2 Å². The van der Waals surface area contributed by atoms with Crippen LogP contribution in [-0.4, -0.2) is 61.1 Å². The monoisotopic (exact) mass is 627 g/mol. The SMILES string of the molecule is CCOC(=O)N1CCc2c(sc(NC(=O)c3ccc(S(=O)(=O)N(CC)Cc4ccccc4)cc3)c2C(=O)NNC(C)=O)C1. The lowest BCUT2D eigenvalue weighted by Gasteiger charge is -2.26. The molecular weight excluding hydrogens is 594 g/mol. The van der Waals surface area contributed by atoms with Gasteiger partial charge in [0.1, 0.15) is 5.00 Å². The van der Waals surface area contributed by atoms with Gasteiger partial charge in [-0.1, -0.05) is 37.3 Å². The van der Waals surface area contributed by atoms with E-state index in [1.807, 2.05) is 30.3 Å². The van der Waals surface area contributed by atoms with E-state index in [-0.39, 0.29) is 47.3 Å². The number of fused-ring (bicyclic) bond motifs is 1. The maximum absolute atomic E-state index is 13.3. The number of nitrogens with one attached hydrogen (secondary N) is 3. The lowest BCUT2D eigenvalue weighted by atomic mass is 10.0. The summed E-state index contributed by atoms with van der Waals surface area (Å²) in [5.41, 5.74) is 6.47. The van der Waals surface area contributed by atoms with Crippen molar-refractivity contribution in [3.8, 4) is 0 Å². The lowest BCUT2D eigenvalue weighted by Crippen LogP contribution is -2.41. The molecule has 43 heavy (non-hydrogen) atoms. The van der Waals surface area contributed by atoms with Gasteiger partial charge in [-0.05, 0) is 48.7 Å². The van der Waals surface area contributed by atoms with E-state index in [2.05, 4.69) is 16.2 Å². The Hall–Kier alpha value is -4.27. The standard InChI is InChI=1S/C29H33N5O7S2/c1-4-34(17-20-9-7-6-8-10-20)43(39,40)22-13-11-21(12-14-22)26(36)30-28-25(27(37)32-31-19(3)35)23-15-16-33(18-24(23)42-28)29(38)41-5-2/h6-14H,4-5,15-18H2,1-3H3,(H,30,36)(H,31,35)(H,32,37). The van der Waals surface area contributed by atoms with E-state index < -0.39 is 33.8 Å². The van der Waals surface area contributed by atoms with E-state index >= 15 is 0 Å². The number of nitrogens with zero attached hydrogens (tertiary/aromatic N) is 2. The molecule has 0 bridgehead atoms. The van der Waals surface area contributed by atoms with Crippen LogP contribution in [0.15, 0.2) is 59.5 Å². The smallest absolute Gasteiger partial charge is 0.410 e. The summed E-state index contributed by atoms with van der Waals surface area (Å²) in [6.07, 6.45) is -0.135. The van der Waals surface area contributed by atoms with E-state index in [0.29, 0.717) is 23.4 Å². The zero-order valence-corrected chi connectivity index (χ0v) is 25.6. The van der Waals surface area contributed by atoms with Crippen LogP contribution in [0, 0.1) is 0 Å². The molecule has 228 valence electrons. The molecule has 1 aromatic heterocycles. The highest BCUT2D eigenvalue weighted by Gasteiger charge is 2.31. The second kappa shape index (κ2) is 13.8. The van der Waals surface area contributed by atoms with Crippen molar-refractivity contribution in [3.05, 3.63) is 81.7 Å². The number of sulfonamides is 1. The average Bonchev–Trinajstić information content (AvgIpc) is 3.36. The second-order valence-electron chi connectivity index (χ2n) is 9.61. The van der Waals surface area contributed by atoms with Gasteiger partial charge in [-0.2, -0.15) is 4.31 Å². The number of amides is 4. The van der Waals surface area contributed by atoms with Gasteiger partial charge in [0.15, 0.2) is 0 Å². The second-order valence-corrected chi connectivity index (χ2v) is 12.7. The minimum absolute atomic E-state index is 0.0443. The van der Waals surface area contributed by atoms with Gasteiger partial charge in [-0.3, -0.25) is 25.2 Å². The van der Waals surface area contributed by atoms with Gasteiger partial charge in [0.25, 0.3) is 11.8 Å². The number of hydrogen-bond donors (Lipinski definition) is 3. The number of carbonyl (C=O) groups excluding carboxylic acids is 4. The maximum Gasteiger partial charge on any atom is 0.410 e. The molecule has 0 spiro atoms. The predicted molar refractivity (Wildman–Crippen MR) is 161 cm³/mol. The number of hydrazine groups is 1. The quantitative estimate of drug-likeness (QED) is 0.307. The van der Waals surface area contributed by atoms with Crippen LogP contribution in [0.3, 0.4) is 0 Å². The Bertz CT molecular complexity index is 1610. The van der Waals surface area contributed by atoms with Gasteiger partial charge in [0.05, 0.1) is 23.6 Å². The largest absolute Gasteiger partial charge is 0.450 e. The third-order valence-electron chi connectivity index (χ3n) is 6.70. The van der Waals surface area contributed by atoms with E-state index in [1.165, 1.54) is 40.4 Å². The van der Waals surface area contributed by atoms with Crippen molar-refractivity contribution < 1.29 is 32.3 Å². The molecule has 1 aliphatic rings. The predicted octanol–water partition coefficient (Wildman–Crippen LogP) is 3.51. The van der Waals surface area contributed by atoms with E-state index in [0.717, 1.165) is 16.9 Å². The van der Waals surface area contributed by atoms with E-state index in [1.54, 1.807) is 13.8 Å². The van der Waals surface area contributed by atoms with Crippen molar-refractivity contribution in [2.24, 2.45) is 0 Å². The van der Waals surface area contributed by atoms with Gasteiger partial charge in [0, 0.05) is 37.0 Å². The van der Waals surface area contributed by atoms with Crippen LogP contribution in [0.5, 0.6) is 0 Å². The van der Waals surface area contributed by atoms with Crippen molar-refractivity contribution >= 4 is 50.2 Å². The molecule has 2 heterocycles. The van der Waals surface area contributed by atoms with Gasteiger partial charge >= 0.3 is 6.09 Å². The molecule has 0 saturated carbocycles. The van der Waals surface area contributed by atoms with Crippen molar-refractivity contribution in [2.45, 2.75) is 45.2 Å².